The molecule has 0 bridgehead atoms. The molecule has 0 atom stereocenters. The summed E-state index contributed by atoms with van der Waals surface area (Å²) in [5.74, 6) is 0. The Labute approximate surface area is 187 Å². The largest absolute Gasteiger partial charge is 0.337 e. The zero-order valence-corrected chi connectivity index (χ0v) is 18.4. The molecule has 4 rings (SSSR count). The zero-order valence-electron chi connectivity index (χ0n) is 15.3. The number of benzene rings is 2. The van der Waals surface area contributed by atoms with Gasteiger partial charge in [0.1, 0.15) is 0 Å². The van der Waals surface area contributed by atoms with Gasteiger partial charge in [0.2, 0.25) is 0 Å². The molecule has 148 valence electrons. The highest BCUT2D eigenvalue weighted by molar-refractivity contribution is 7.07. The van der Waals surface area contributed by atoms with E-state index >= 15 is 0 Å². The third kappa shape index (κ3) is 4.75. The monoisotopic (exact) mass is 462 g/mol. The number of aryl methyl sites for hydroxylation is 1. The molecule has 0 aliphatic heterocycles. The van der Waals surface area contributed by atoms with E-state index in [1.54, 1.807) is 17.5 Å². The molecule has 0 N–H and O–H groups in total. The van der Waals surface area contributed by atoms with E-state index < -0.39 is 0 Å². The van der Waals surface area contributed by atoms with E-state index in [9.17, 15) is 0 Å². The van der Waals surface area contributed by atoms with E-state index in [-0.39, 0.29) is 0 Å². The van der Waals surface area contributed by atoms with Crippen molar-refractivity contribution in [1.29, 1.82) is 0 Å². The Morgan fingerprint density at radius 1 is 0.966 bits per heavy atom. The van der Waals surface area contributed by atoms with Gasteiger partial charge in [0.25, 0.3) is 0 Å². The van der Waals surface area contributed by atoms with Gasteiger partial charge in [0, 0.05) is 36.4 Å². The van der Waals surface area contributed by atoms with Crippen LogP contribution in [0.3, 0.4) is 0 Å². The summed E-state index contributed by atoms with van der Waals surface area (Å²) < 4.78 is 4.27. The molecule has 0 spiro atoms. The molecule has 4 nitrogen and oxygen atoms in total. The molecule has 8 heteroatoms. The van der Waals surface area contributed by atoms with Gasteiger partial charge in [0.05, 0.1) is 32.8 Å². The van der Waals surface area contributed by atoms with Crippen molar-refractivity contribution in [3.05, 3.63) is 86.4 Å². The van der Waals surface area contributed by atoms with Gasteiger partial charge in [-0.1, -0.05) is 53.0 Å². The summed E-state index contributed by atoms with van der Waals surface area (Å²) in [6.07, 6.45) is 6.51. The summed E-state index contributed by atoms with van der Waals surface area (Å²) in [4.78, 5) is 9.80. The molecule has 0 saturated carbocycles. The first-order valence-corrected chi connectivity index (χ1v) is 11.0. The number of aromatic nitrogens is 3. The molecule has 0 radical (unpaired) electrons. The van der Waals surface area contributed by atoms with Crippen LogP contribution in [0.5, 0.6) is 0 Å². The van der Waals surface area contributed by atoms with Crippen LogP contribution in [-0.4, -0.2) is 14.1 Å². The Kier molecular flexibility index (Phi) is 6.40. The van der Waals surface area contributed by atoms with Gasteiger partial charge in [-0.3, -0.25) is 0 Å². The second-order valence-corrected chi connectivity index (χ2v) is 8.46. The predicted molar refractivity (Wildman–Crippen MR) is 121 cm³/mol. The third-order valence-corrected chi connectivity index (χ3v) is 6.36. The minimum atomic E-state index is 0.532. The van der Waals surface area contributed by atoms with E-state index in [1.807, 2.05) is 55.0 Å². The number of thiazole rings is 1. The van der Waals surface area contributed by atoms with Gasteiger partial charge < -0.3 is 9.13 Å². The highest BCUT2D eigenvalue weighted by Gasteiger charge is 2.11. The van der Waals surface area contributed by atoms with Gasteiger partial charge >= 0.3 is 0 Å². The minimum Gasteiger partial charge on any atom is -0.337 e. The van der Waals surface area contributed by atoms with Crippen molar-refractivity contribution in [2.45, 2.75) is 19.5 Å². The molecule has 29 heavy (non-hydrogen) atoms. The summed E-state index contributed by atoms with van der Waals surface area (Å²) in [5, 5.41) is 3.79. The Bertz CT molecular complexity index is 1180. The lowest BCUT2D eigenvalue weighted by Crippen LogP contribution is -2.17. The van der Waals surface area contributed by atoms with Crippen molar-refractivity contribution >= 4 is 51.8 Å². The first-order chi connectivity index (χ1) is 14.1. The van der Waals surface area contributed by atoms with Crippen LogP contribution >= 0.6 is 46.1 Å². The first kappa shape index (κ1) is 20.2. The summed E-state index contributed by atoms with van der Waals surface area (Å²) in [6, 6.07) is 13.3. The van der Waals surface area contributed by atoms with Crippen molar-refractivity contribution in [2.24, 2.45) is 4.99 Å². The fourth-order valence-corrected chi connectivity index (χ4v) is 4.42. The minimum absolute atomic E-state index is 0.532. The van der Waals surface area contributed by atoms with E-state index in [1.165, 1.54) is 0 Å². The van der Waals surface area contributed by atoms with Gasteiger partial charge in [0.15, 0.2) is 4.80 Å². The number of halogens is 3. The van der Waals surface area contributed by atoms with E-state index in [2.05, 4.69) is 19.5 Å². The maximum atomic E-state index is 6.32. The summed E-state index contributed by atoms with van der Waals surface area (Å²) >= 11 is 20.3. The van der Waals surface area contributed by atoms with Crippen LogP contribution in [0.15, 0.2) is 71.6 Å². The van der Waals surface area contributed by atoms with Crippen molar-refractivity contribution in [2.75, 3.05) is 0 Å². The highest BCUT2D eigenvalue weighted by atomic mass is 35.5. The van der Waals surface area contributed by atoms with Crippen LogP contribution in [0.2, 0.25) is 15.1 Å². The van der Waals surface area contributed by atoms with Gasteiger partial charge in [-0.25, -0.2) is 9.98 Å². The maximum absolute atomic E-state index is 6.32. The van der Waals surface area contributed by atoms with Gasteiger partial charge in [-0.2, -0.15) is 0 Å². The molecule has 0 aliphatic carbocycles. The number of hydrogen-bond donors (Lipinski definition) is 0. The van der Waals surface area contributed by atoms with Crippen molar-refractivity contribution < 1.29 is 0 Å². The first-order valence-electron chi connectivity index (χ1n) is 9.00. The fraction of sp³-hybridized carbons (Fsp3) is 0.143. The molecule has 2 aromatic heterocycles. The summed E-state index contributed by atoms with van der Waals surface area (Å²) in [5.41, 5.74) is 2.80. The molecule has 0 aliphatic rings. The number of hydrogen-bond acceptors (Lipinski definition) is 3. The average molecular weight is 464 g/mol. The Morgan fingerprint density at radius 3 is 2.59 bits per heavy atom. The predicted octanol–water partition coefficient (Wildman–Crippen LogP) is 6.70. The maximum Gasteiger partial charge on any atom is 0.190 e. The Morgan fingerprint density at radius 2 is 1.83 bits per heavy atom. The topological polar surface area (TPSA) is 35.1 Å². The van der Waals surface area contributed by atoms with Crippen LogP contribution in [0.1, 0.15) is 6.42 Å². The van der Waals surface area contributed by atoms with Crippen molar-refractivity contribution in [3.8, 4) is 11.3 Å². The Balaban J connectivity index is 1.73. The average Bonchev–Trinajstić information content (AvgIpc) is 3.36. The van der Waals surface area contributed by atoms with Gasteiger partial charge in [-0.15, -0.1) is 11.3 Å². The highest BCUT2D eigenvalue weighted by Crippen LogP contribution is 2.29. The molecule has 0 saturated heterocycles. The lowest BCUT2D eigenvalue weighted by Gasteiger charge is -2.10. The summed E-state index contributed by atoms with van der Waals surface area (Å²) in [7, 11) is 0. The van der Waals surface area contributed by atoms with E-state index in [0.717, 1.165) is 41.3 Å². The molecule has 2 heterocycles. The van der Waals surface area contributed by atoms with Crippen LogP contribution < -0.4 is 4.80 Å². The molecule has 4 aromatic rings. The summed E-state index contributed by atoms with van der Waals surface area (Å²) in [6.45, 7) is 1.66. The van der Waals surface area contributed by atoms with Crippen LogP contribution in [-0.2, 0) is 13.1 Å². The second-order valence-electron chi connectivity index (χ2n) is 6.40. The molecular weight excluding hydrogens is 447 g/mol. The Hall–Kier alpha value is -2.05. The normalized spacial score (nSPS) is 11.9. The van der Waals surface area contributed by atoms with Crippen molar-refractivity contribution in [3.63, 3.8) is 0 Å². The molecular formula is C21H17Cl3N4S. The van der Waals surface area contributed by atoms with Crippen LogP contribution in [0.25, 0.3) is 11.3 Å². The molecule has 0 fully saturated rings. The fourth-order valence-electron chi connectivity index (χ4n) is 3.00. The quantitative estimate of drug-likeness (QED) is 0.313. The number of imidazole rings is 1. The standard InChI is InChI=1S/C21H17Cl3N4S/c22-16-7-6-15(12-18(16)24)20-13-29-21(26-19-5-2-1-4-17(19)23)28(20)10-3-9-27-11-8-25-14-27/h1-2,4-8,11-14H,3,9-10H2. The van der Waals surface area contributed by atoms with E-state index in [0.29, 0.717) is 15.1 Å². The van der Waals surface area contributed by atoms with Crippen molar-refractivity contribution in [1.82, 2.24) is 14.1 Å². The second kappa shape index (κ2) is 9.18. The lowest BCUT2D eigenvalue weighted by molar-refractivity contribution is 0.559. The molecule has 2 aromatic carbocycles. The zero-order chi connectivity index (χ0) is 20.2. The number of rotatable bonds is 6. The van der Waals surface area contributed by atoms with Crippen LogP contribution in [0, 0.1) is 0 Å². The van der Waals surface area contributed by atoms with Gasteiger partial charge in [-0.05, 0) is 30.7 Å². The number of nitrogens with zero attached hydrogens (tertiary/aromatic N) is 4. The third-order valence-electron chi connectivity index (χ3n) is 4.44. The molecule has 0 amide bonds. The van der Waals surface area contributed by atoms with E-state index in [4.69, 9.17) is 39.8 Å². The van der Waals surface area contributed by atoms with Crippen LogP contribution in [0.4, 0.5) is 5.69 Å². The smallest absolute Gasteiger partial charge is 0.190 e. The lowest BCUT2D eigenvalue weighted by atomic mass is 10.1. The number of para-hydroxylation sites is 1. The molecule has 0 unspecified atom stereocenters. The SMILES string of the molecule is Clc1ccc(-c2csc(=Nc3ccccc3Cl)n2CCCn2ccnc2)cc1Cl.